The van der Waals surface area contributed by atoms with Crippen molar-refractivity contribution >= 4 is 12.6 Å². The number of phenols is 1. The Kier molecular flexibility index (Phi) is 5.53. The summed E-state index contributed by atoms with van der Waals surface area (Å²) in [6.45, 7) is 11.2. The maximum absolute atomic E-state index is 10.5. The summed E-state index contributed by atoms with van der Waals surface area (Å²) < 4.78 is -0.102. The zero-order valence-corrected chi connectivity index (χ0v) is 15.7. The highest BCUT2D eigenvalue weighted by Gasteiger charge is 2.42. The molecule has 1 N–H and O–H groups in total. The maximum atomic E-state index is 10.5. The van der Waals surface area contributed by atoms with Gasteiger partial charge in [-0.25, -0.2) is 0 Å². The molecule has 0 spiro atoms. The van der Waals surface area contributed by atoms with Crippen molar-refractivity contribution in [3.63, 3.8) is 0 Å². The van der Waals surface area contributed by atoms with E-state index in [1.54, 1.807) is 0 Å². The third kappa shape index (κ3) is 3.04. The highest BCUT2D eigenvalue weighted by Crippen LogP contribution is 2.52. The Hall–Kier alpha value is -0.630. The minimum absolute atomic E-state index is 0.102. The fourth-order valence-corrected chi connectivity index (χ4v) is 4.93. The van der Waals surface area contributed by atoms with Gasteiger partial charge in [-0.15, -0.1) is 0 Å². The summed E-state index contributed by atoms with van der Waals surface area (Å²) in [5.41, 5.74) is 3.75. The molecular weight excluding hydrogens is 288 g/mol. The topological polar surface area (TPSA) is 20.2 Å². The van der Waals surface area contributed by atoms with Gasteiger partial charge in [0.25, 0.3) is 0 Å². The van der Waals surface area contributed by atoms with Gasteiger partial charge in [0.1, 0.15) is 5.75 Å². The van der Waals surface area contributed by atoms with E-state index in [0.717, 1.165) is 18.4 Å². The number of thiol groups is 1. The Balaban J connectivity index is 2.48. The van der Waals surface area contributed by atoms with Crippen LogP contribution in [0.25, 0.3) is 0 Å². The number of rotatable bonds is 5. The first-order chi connectivity index (χ1) is 10.3. The predicted octanol–water partition coefficient (Wildman–Crippen LogP) is 6.05. The van der Waals surface area contributed by atoms with Gasteiger partial charge in [0, 0.05) is 4.75 Å². The lowest BCUT2D eigenvalue weighted by Gasteiger charge is -2.45. The number of benzene rings is 1. The molecule has 0 amide bonds. The number of aryl methyl sites for hydroxylation is 1. The molecular formula is C20H32OS. The fraction of sp³-hybridized carbons (Fsp3) is 0.700. The van der Waals surface area contributed by atoms with Crippen LogP contribution in [0.5, 0.6) is 5.75 Å². The number of hydrogen-bond acceptors (Lipinski definition) is 2. The Bertz CT molecular complexity index is 523. The van der Waals surface area contributed by atoms with Crippen LogP contribution in [-0.2, 0) is 11.2 Å². The van der Waals surface area contributed by atoms with E-state index >= 15 is 0 Å². The molecule has 0 bridgehead atoms. The summed E-state index contributed by atoms with van der Waals surface area (Å²) in [5.74, 6) is 2.09. The minimum atomic E-state index is -0.102. The molecule has 0 fully saturated rings. The molecule has 0 radical (unpaired) electrons. The summed E-state index contributed by atoms with van der Waals surface area (Å²) in [4.78, 5) is 0. The molecule has 1 aromatic rings. The lowest BCUT2D eigenvalue weighted by atomic mass is 9.67. The average molecular weight is 321 g/mol. The van der Waals surface area contributed by atoms with Gasteiger partial charge in [0.15, 0.2) is 0 Å². The fourth-order valence-electron chi connectivity index (χ4n) is 4.34. The molecule has 1 nitrogen and oxygen atoms in total. The van der Waals surface area contributed by atoms with Crippen molar-refractivity contribution in [3.8, 4) is 5.75 Å². The third-order valence-electron chi connectivity index (χ3n) is 5.65. The van der Waals surface area contributed by atoms with E-state index in [2.05, 4.69) is 40.7 Å². The van der Waals surface area contributed by atoms with Crippen LogP contribution in [0.4, 0.5) is 0 Å². The minimum Gasteiger partial charge on any atom is -0.508 e. The van der Waals surface area contributed by atoms with Gasteiger partial charge in [-0.05, 0) is 59.8 Å². The molecule has 0 saturated carbocycles. The largest absolute Gasteiger partial charge is 0.508 e. The van der Waals surface area contributed by atoms with Gasteiger partial charge in [0.05, 0.1) is 0 Å². The first-order valence-corrected chi connectivity index (χ1v) is 9.38. The third-order valence-corrected chi connectivity index (χ3v) is 6.54. The summed E-state index contributed by atoms with van der Waals surface area (Å²) in [6.07, 6.45) is 5.85. The van der Waals surface area contributed by atoms with Crippen LogP contribution in [0, 0.1) is 11.8 Å². The molecule has 1 aliphatic carbocycles. The highest BCUT2D eigenvalue weighted by molar-refractivity contribution is 7.81. The van der Waals surface area contributed by atoms with E-state index in [1.807, 2.05) is 6.07 Å². The second-order valence-electron chi connectivity index (χ2n) is 7.41. The summed E-state index contributed by atoms with van der Waals surface area (Å²) in [6, 6.07) is 4.25. The number of aromatic hydroxyl groups is 1. The zero-order valence-electron chi connectivity index (χ0n) is 14.8. The monoisotopic (exact) mass is 320 g/mol. The molecule has 1 aromatic carbocycles. The van der Waals surface area contributed by atoms with Crippen molar-refractivity contribution in [1.82, 2.24) is 0 Å². The summed E-state index contributed by atoms with van der Waals surface area (Å²) in [7, 11) is 0. The lowest BCUT2D eigenvalue weighted by Crippen LogP contribution is -2.38. The molecule has 1 aliphatic rings. The molecule has 2 heteroatoms. The maximum Gasteiger partial charge on any atom is 0.119 e. The molecule has 3 atom stereocenters. The molecule has 124 valence electrons. The van der Waals surface area contributed by atoms with Crippen LogP contribution in [0.3, 0.4) is 0 Å². The van der Waals surface area contributed by atoms with E-state index in [9.17, 15) is 5.11 Å². The van der Waals surface area contributed by atoms with Crippen molar-refractivity contribution in [2.75, 3.05) is 0 Å². The van der Waals surface area contributed by atoms with Gasteiger partial charge in [-0.2, -0.15) is 12.6 Å². The van der Waals surface area contributed by atoms with Crippen LogP contribution in [0.15, 0.2) is 12.1 Å². The van der Waals surface area contributed by atoms with Gasteiger partial charge in [-0.3, -0.25) is 0 Å². The lowest BCUT2D eigenvalue weighted by molar-refractivity contribution is 0.224. The first-order valence-electron chi connectivity index (χ1n) is 8.93. The van der Waals surface area contributed by atoms with Crippen LogP contribution in [0.1, 0.15) is 82.9 Å². The Morgan fingerprint density at radius 3 is 2.50 bits per heavy atom. The van der Waals surface area contributed by atoms with Crippen molar-refractivity contribution in [2.45, 2.75) is 77.4 Å². The predicted molar refractivity (Wildman–Crippen MR) is 99.0 cm³/mol. The highest BCUT2D eigenvalue weighted by atomic mass is 32.1. The van der Waals surface area contributed by atoms with E-state index in [1.165, 1.54) is 30.4 Å². The average Bonchev–Trinajstić information content (AvgIpc) is 2.47. The first kappa shape index (κ1) is 17.7. The zero-order chi connectivity index (χ0) is 16.5. The van der Waals surface area contributed by atoms with Gasteiger partial charge >= 0.3 is 0 Å². The molecule has 22 heavy (non-hydrogen) atoms. The number of phenolic OH excluding ortho intramolecular Hbond substituents is 1. The quantitative estimate of drug-likeness (QED) is 0.633. The van der Waals surface area contributed by atoms with E-state index in [0.29, 0.717) is 23.5 Å². The van der Waals surface area contributed by atoms with E-state index < -0.39 is 0 Å². The summed E-state index contributed by atoms with van der Waals surface area (Å²) in [5, 5.41) is 10.5. The Morgan fingerprint density at radius 2 is 1.95 bits per heavy atom. The van der Waals surface area contributed by atoms with Crippen molar-refractivity contribution in [1.29, 1.82) is 0 Å². The van der Waals surface area contributed by atoms with E-state index in [4.69, 9.17) is 12.6 Å². The van der Waals surface area contributed by atoms with Gasteiger partial charge in [0.2, 0.25) is 0 Å². The van der Waals surface area contributed by atoms with Crippen LogP contribution >= 0.6 is 12.6 Å². The summed E-state index contributed by atoms with van der Waals surface area (Å²) >= 11 is 5.18. The molecule has 0 saturated heterocycles. The Morgan fingerprint density at radius 1 is 1.27 bits per heavy atom. The van der Waals surface area contributed by atoms with Crippen LogP contribution in [-0.4, -0.2) is 5.11 Å². The Labute approximate surface area is 141 Å². The molecule has 2 rings (SSSR count). The standard InChI is InChI=1S/C20H32OS/c1-6-8-14(5)17-10-9-15-11-16(13(3)4)19(21)12-18(15)20(17,22)7-2/h11-14,17,21-22H,6-10H2,1-5H3. The second kappa shape index (κ2) is 6.86. The molecule has 3 unspecified atom stereocenters. The molecule has 0 heterocycles. The van der Waals surface area contributed by atoms with Gasteiger partial charge in [-0.1, -0.05) is 53.5 Å². The van der Waals surface area contributed by atoms with Crippen molar-refractivity contribution < 1.29 is 5.11 Å². The van der Waals surface area contributed by atoms with E-state index in [-0.39, 0.29) is 4.75 Å². The number of fused-ring (bicyclic) bond motifs is 1. The normalized spacial score (nSPS) is 26.0. The molecule has 0 aromatic heterocycles. The SMILES string of the molecule is CCCC(C)C1CCc2cc(C(C)C)c(O)cc2C1(S)CC. The molecule has 0 aliphatic heterocycles. The van der Waals surface area contributed by atoms with Crippen molar-refractivity contribution in [3.05, 3.63) is 28.8 Å². The number of hydrogen-bond donors (Lipinski definition) is 2. The van der Waals surface area contributed by atoms with Crippen molar-refractivity contribution in [2.24, 2.45) is 11.8 Å². The second-order valence-corrected chi connectivity index (χ2v) is 8.21. The van der Waals surface area contributed by atoms with Crippen LogP contribution < -0.4 is 0 Å². The van der Waals surface area contributed by atoms with Crippen LogP contribution in [0.2, 0.25) is 0 Å². The van der Waals surface area contributed by atoms with Gasteiger partial charge < -0.3 is 5.11 Å². The smallest absolute Gasteiger partial charge is 0.119 e.